The fourth-order valence-electron chi connectivity index (χ4n) is 1.55. The zero-order chi connectivity index (χ0) is 13.9. The predicted molar refractivity (Wildman–Crippen MR) is 65.6 cm³/mol. The Labute approximate surface area is 109 Å². The van der Waals surface area contributed by atoms with Crippen molar-refractivity contribution >= 4 is 17.4 Å². The largest absolute Gasteiger partial charge is 0.417 e. The van der Waals surface area contributed by atoms with Crippen molar-refractivity contribution in [2.45, 2.75) is 38.5 Å². The molecule has 7 heteroatoms. The van der Waals surface area contributed by atoms with E-state index in [9.17, 15) is 13.2 Å². The SMILES string of the molecule is CC(N)CC(C)Nc1ncc(C(F)(F)F)cc1Cl. The predicted octanol–water partition coefficient (Wildman–Crippen LogP) is 3.29. The van der Waals surface area contributed by atoms with Crippen LogP contribution in [0.15, 0.2) is 12.3 Å². The molecule has 0 spiro atoms. The van der Waals surface area contributed by atoms with Crippen molar-refractivity contribution in [1.82, 2.24) is 4.98 Å². The molecule has 1 aromatic rings. The molecular weight excluding hydrogens is 267 g/mol. The first-order valence-corrected chi connectivity index (χ1v) is 5.82. The molecule has 3 nitrogen and oxygen atoms in total. The first-order chi connectivity index (χ1) is 8.20. The van der Waals surface area contributed by atoms with Gasteiger partial charge in [-0.15, -0.1) is 0 Å². The lowest BCUT2D eigenvalue weighted by molar-refractivity contribution is -0.137. The van der Waals surface area contributed by atoms with Crippen molar-refractivity contribution in [3.8, 4) is 0 Å². The molecule has 0 radical (unpaired) electrons. The van der Waals surface area contributed by atoms with Gasteiger partial charge >= 0.3 is 6.18 Å². The molecule has 0 saturated carbocycles. The van der Waals surface area contributed by atoms with Crippen LogP contribution < -0.4 is 11.1 Å². The van der Waals surface area contributed by atoms with Crippen LogP contribution in [0.5, 0.6) is 0 Å². The van der Waals surface area contributed by atoms with Crippen LogP contribution in [0.1, 0.15) is 25.8 Å². The van der Waals surface area contributed by atoms with Crippen LogP contribution >= 0.6 is 11.6 Å². The molecule has 0 amide bonds. The lowest BCUT2D eigenvalue weighted by Gasteiger charge is -2.17. The van der Waals surface area contributed by atoms with E-state index < -0.39 is 11.7 Å². The summed E-state index contributed by atoms with van der Waals surface area (Å²) >= 11 is 5.76. The average molecular weight is 282 g/mol. The number of hydrogen-bond acceptors (Lipinski definition) is 3. The number of alkyl halides is 3. The van der Waals surface area contributed by atoms with Gasteiger partial charge in [0.1, 0.15) is 5.82 Å². The summed E-state index contributed by atoms with van der Waals surface area (Å²) in [4.78, 5) is 3.69. The van der Waals surface area contributed by atoms with Crippen LogP contribution in [0.25, 0.3) is 0 Å². The molecule has 0 aromatic carbocycles. The van der Waals surface area contributed by atoms with Crippen LogP contribution in [-0.4, -0.2) is 17.1 Å². The molecule has 2 unspecified atom stereocenters. The van der Waals surface area contributed by atoms with Gasteiger partial charge in [-0.05, 0) is 26.3 Å². The van der Waals surface area contributed by atoms with Crippen LogP contribution in [0, 0.1) is 0 Å². The third kappa shape index (κ3) is 4.34. The van der Waals surface area contributed by atoms with Gasteiger partial charge in [0.2, 0.25) is 0 Å². The molecule has 102 valence electrons. The summed E-state index contributed by atoms with van der Waals surface area (Å²) in [6.07, 6.45) is -3.02. The van der Waals surface area contributed by atoms with Crippen LogP contribution in [0.2, 0.25) is 5.02 Å². The summed E-state index contributed by atoms with van der Waals surface area (Å²) in [5, 5.41) is 2.88. The number of pyridine rings is 1. The van der Waals surface area contributed by atoms with Gasteiger partial charge in [-0.25, -0.2) is 4.98 Å². The number of aromatic nitrogens is 1. The van der Waals surface area contributed by atoms with E-state index in [1.54, 1.807) is 0 Å². The minimum Gasteiger partial charge on any atom is -0.366 e. The molecule has 1 heterocycles. The lowest BCUT2D eigenvalue weighted by Crippen LogP contribution is -2.26. The summed E-state index contributed by atoms with van der Waals surface area (Å²) in [6, 6.07) is 0.822. The third-order valence-corrected chi connectivity index (χ3v) is 2.57. The van der Waals surface area contributed by atoms with E-state index in [1.807, 2.05) is 13.8 Å². The van der Waals surface area contributed by atoms with E-state index in [0.29, 0.717) is 6.42 Å². The first-order valence-electron chi connectivity index (χ1n) is 5.45. The van der Waals surface area contributed by atoms with Crippen molar-refractivity contribution in [3.05, 3.63) is 22.8 Å². The van der Waals surface area contributed by atoms with Gasteiger partial charge in [-0.3, -0.25) is 0 Å². The molecule has 0 saturated heterocycles. The highest BCUT2D eigenvalue weighted by Crippen LogP contribution is 2.32. The summed E-state index contributed by atoms with van der Waals surface area (Å²) in [5.41, 5.74) is 4.76. The number of nitrogens with one attached hydrogen (secondary N) is 1. The maximum Gasteiger partial charge on any atom is 0.417 e. The van der Waals surface area contributed by atoms with Gasteiger partial charge in [0.05, 0.1) is 10.6 Å². The fourth-order valence-corrected chi connectivity index (χ4v) is 1.77. The van der Waals surface area contributed by atoms with Crippen LogP contribution in [0.3, 0.4) is 0 Å². The van der Waals surface area contributed by atoms with E-state index in [1.165, 1.54) is 0 Å². The highest BCUT2D eigenvalue weighted by atomic mass is 35.5. The van der Waals surface area contributed by atoms with Crippen molar-refractivity contribution < 1.29 is 13.2 Å². The molecule has 0 aliphatic carbocycles. The van der Waals surface area contributed by atoms with Crippen molar-refractivity contribution in [2.24, 2.45) is 5.73 Å². The smallest absolute Gasteiger partial charge is 0.366 e. The molecule has 0 fully saturated rings. The Morgan fingerprint density at radius 1 is 1.44 bits per heavy atom. The Morgan fingerprint density at radius 2 is 2.06 bits per heavy atom. The van der Waals surface area contributed by atoms with E-state index in [-0.39, 0.29) is 22.9 Å². The zero-order valence-corrected chi connectivity index (χ0v) is 10.8. The van der Waals surface area contributed by atoms with Crippen LogP contribution in [-0.2, 0) is 6.18 Å². The van der Waals surface area contributed by atoms with E-state index in [0.717, 1.165) is 12.3 Å². The Balaban J connectivity index is 2.80. The highest BCUT2D eigenvalue weighted by molar-refractivity contribution is 6.32. The summed E-state index contributed by atoms with van der Waals surface area (Å²) in [5.74, 6) is 0.234. The quantitative estimate of drug-likeness (QED) is 0.890. The molecule has 3 N–H and O–H groups in total. The Morgan fingerprint density at radius 3 is 2.50 bits per heavy atom. The molecule has 18 heavy (non-hydrogen) atoms. The lowest BCUT2D eigenvalue weighted by atomic mass is 10.1. The Hall–Kier alpha value is -1.01. The summed E-state index contributed by atoms with van der Waals surface area (Å²) < 4.78 is 37.2. The second-order valence-corrected chi connectivity index (χ2v) is 4.72. The van der Waals surface area contributed by atoms with E-state index in [2.05, 4.69) is 10.3 Å². The number of rotatable bonds is 4. The third-order valence-electron chi connectivity index (χ3n) is 2.28. The molecule has 1 rings (SSSR count). The van der Waals surface area contributed by atoms with E-state index in [4.69, 9.17) is 17.3 Å². The molecule has 2 atom stereocenters. The standard InChI is InChI=1S/C11H15ClF3N3/c1-6(16)3-7(2)18-10-9(12)4-8(5-17-10)11(13,14)15/h4-7H,3,16H2,1-2H3,(H,17,18). The normalized spacial score (nSPS) is 15.3. The van der Waals surface area contributed by atoms with Crippen molar-refractivity contribution in [3.63, 3.8) is 0 Å². The summed E-state index contributed by atoms with van der Waals surface area (Å²) in [6.45, 7) is 3.71. The molecule has 0 aliphatic heterocycles. The zero-order valence-electron chi connectivity index (χ0n) is 10.1. The first kappa shape index (κ1) is 15.0. The van der Waals surface area contributed by atoms with Gasteiger partial charge in [-0.2, -0.15) is 13.2 Å². The maximum atomic E-state index is 12.4. The van der Waals surface area contributed by atoms with Crippen molar-refractivity contribution in [2.75, 3.05) is 5.32 Å². The number of nitrogens with zero attached hydrogens (tertiary/aromatic N) is 1. The van der Waals surface area contributed by atoms with Crippen LogP contribution in [0.4, 0.5) is 19.0 Å². The topological polar surface area (TPSA) is 50.9 Å². The van der Waals surface area contributed by atoms with Gasteiger partial charge in [0.25, 0.3) is 0 Å². The van der Waals surface area contributed by atoms with Gasteiger partial charge in [0.15, 0.2) is 0 Å². The molecule has 0 bridgehead atoms. The number of nitrogens with two attached hydrogens (primary N) is 1. The number of hydrogen-bond donors (Lipinski definition) is 2. The van der Waals surface area contributed by atoms with Crippen molar-refractivity contribution in [1.29, 1.82) is 0 Å². The van der Waals surface area contributed by atoms with Gasteiger partial charge in [0, 0.05) is 18.3 Å². The molecule has 1 aromatic heterocycles. The molecule has 0 aliphatic rings. The molecular formula is C11H15ClF3N3. The number of halogens is 4. The monoisotopic (exact) mass is 281 g/mol. The summed E-state index contributed by atoms with van der Waals surface area (Å²) in [7, 11) is 0. The minimum atomic E-state index is -4.44. The second-order valence-electron chi connectivity index (χ2n) is 4.31. The number of anilines is 1. The Kier molecular flexibility index (Phi) is 4.81. The second kappa shape index (κ2) is 5.75. The fraction of sp³-hybridized carbons (Fsp3) is 0.545. The maximum absolute atomic E-state index is 12.4. The average Bonchev–Trinajstić information content (AvgIpc) is 2.18. The van der Waals surface area contributed by atoms with Gasteiger partial charge in [-0.1, -0.05) is 11.6 Å². The highest BCUT2D eigenvalue weighted by Gasteiger charge is 2.31. The van der Waals surface area contributed by atoms with E-state index >= 15 is 0 Å². The van der Waals surface area contributed by atoms with Gasteiger partial charge < -0.3 is 11.1 Å². The Bertz CT molecular complexity index is 407. The minimum absolute atomic E-state index is 0.0132.